The van der Waals surface area contributed by atoms with Gasteiger partial charge >= 0.3 is 89.1 Å². The highest BCUT2D eigenvalue weighted by Gasteiger charge is 3.01. The summed E-state index contributed by atoms with van der Waals surface area (Å²) in [5.74, 6) is -125. The van der Waals surface area contributed by atoms with Gasteiger partial charge in [0.25, 0.3) is 0 Å². The van der Waals surface area contributed by atoms with Crippen LogP contribution in [-0.2, 0) is 9.53 Å². The lowest BCUT2D eigenvalue weighted by Crippen LogP contribution is -2.79. The van der Waals surface area contributed by atoms with Gasteiger partial charge in [0.05, 0.1) is 0 Å². The molecular weight excluding hydrogens is 823 g/mol. The standard InChI is InChI=1S/C20H9F29O2/c1-4(2)6(50)51-20(48,49)19(46,47)18(44,45)17(42,43)16(40,41)15(38,39)14(36,37)13(34,35)12(32,33)11(30,31)10(28,29)9(26,27)8(24,25)7(22,23)5(3)21/h5H,1H2,2-3H3. The zero-order valence-electron chi connectivity index (χ0n) is 23.1. The van der Waals surface area contributed by atoms with Crippen LogP contribution in [0.15, 0.2) is 12.2 Å². The van der Waals surface area contributed by atoms with Crippen LogP contribution in [0.25, 0.3) is 0 Å². The first-order valence-electron chi connectivity index (χ1n) is 11.3. The number of carbonyl (C=O) groups excluding carboxylic acids is 1. The maximum atomic E-state index is 13.9. The first-order chi connectivity index (χ1) is 21.5. The SMILES string of the molecule is C=C(C)C(=O)OC(F)(F)C(F)(F)C(F)(F)C(F)(F)C(F)(F)C(F)(F)C(F)(F)C(F)(F)C(F)(F)C(F)(F)C(F)(F)C(F)(F)C(F)(F)C(F)(F)C(C)F. The van der Waals surface area contributed by atoms with Crippen molar-refractivity contribution < 1.29 is 137 Å². The molecule has 304 valence electrons. The summed E-state index contributed by atoms with van der Waals surface area (Å²) in [5.41, 5.74) is -1.59. The molecule has 0 fully saturated rings. The average molecular weight is 832 g/mol. The van der Waals surface area contributed by atoms with Crippen LogP contribution >= 0.6 is 0 Å². The summed E-state index contributed by atoms with van der Waals surface area (Å²) in [4.78, 5) is 10.9. The fourth-order valence-corrected chi connectivity index (χ4v) is 2.88. The molecule has 0 rings (SSSR count). The maximum Gasteiger partial charge on any atom is 0.473 e. The van der Waals surface area contributed by atoms with Gasteiger partial charge in [0.15, 0.2) is 6.17 Å². The van der Waals surface area contributed by atoms with Crippen LogP contribution in [0.5, 0.6) is 0 Å². The van der Waals surface area contributed by atoms with E-state index in [1.165, 1.54) is 0 Å². The van der Waals surface area contributed by atoms with Crippen LogP contribution in [0.2, 0.25) is 0 Å². The molecule has 1 atom stereocenters. The fraction of sp³-hybridized carbons (Fsp3) is 0.850. The van der Waals surface area contributed by atoms with Crippen molar-refractivity contribution in [3.05, 3.63) is 12.2 Å². The first kappa shape index (κ1) is 48.2. The van der Waals surface area contributed by atoms with Crippen molar-refractivity contribution in [3.63, 3.8) is 0 Å². The third kappa shape index (κ3) is 5.77. The highest BCUT2D eigenvalue weighted by molar-refractivity contribution is 5.87. The Kier molecular flexibility index (Phi) is 11.4. The molecule has 0 N–H and O–H groups in total. The van der Waals surface area contributed by atoms with Gasteiger partial charge in [-0.15, -0.1) is 0 Å². The van der Waals surface area contributed by atoms with Crippen molar-refractivity contribution >= 4 is 5.97 Å². The summed E-state index contributed by atoms with van der Waals surface area (Å²) >= 11 is 0. The van der Waals surface area contributed by atoms with Crippen molar-refractivity contribution in [2.24, 2.45) is 0 Å². The minimum atomic E-state index is -9.98. The van der Waals surface area contributed by atoms with Crippen LogP contribution in [0.1, 0.15) is 13.8 Å². The van der Waals surface area contributed by atoms with Gasteiger partial charge in [-0.05, 0) is 13.8 Å². The van der Waals surface area contributed by atoms with Crippen molar-refractivity contribution in [2.45, 2.75) is 103 Å². The molecule has 0 amide bonds. The Labute approximate surface area is 259 Å². The number of alkyl halides is 29. The van der Waals surface area contributed by atoms with E-state index < -0.39 is 108 Å². The summed E-state index contributed by atoms with van der Waals surface area (Å²) in [7, 11) is 0. The number of carbonyl (C=O) groups is 1. The van der Waals surface area contributed by atoms with E-state index in [-0.39, 0.29) is 6.92 Å². The second kappa shape index (κ2) is 12.1. The van der Waals surface area contributed by atoms with Crippen LogP contribution in [0, 0.1) is 0 Å². The van der Waals surface area contributed by atoms with Crippen molar-refractivity contribution in [1.29, 1.82) is 0 Å². The first-order valence-corrected chi connectivity index (χ1v) is 11.3. The predicted octanol–water partition coefficient (Wildman–Crippen LogP) is 10.3. The van der Waals surface area contributed by atoms with E-state index in [0.717, 1.165) is 0 Å². The van der Waals surface area contributed by atoms with Crippen molar-refractivity contribution in [1.82, 2.24) is 0 Å². The molecule has 0 aliphatic carbocycles. The number of ether oxygens (including phenoxy) is 1. The molecular formula is C20H9F29O2. The molecule has 0 saturated heterocycles. The molecule has 0 saturated carbocycles. The van der Waals surface area contributed by atoms with Gasteiger partial charge in [-0.2, -0.15) is 123 Å². The highest BCUT2D eigenvalue weighted by Crippen LogP contribution is 2.69. The summed E-state index contributed by atoms with van der Waals surface area (Å²) < 4.78 is 398. The van der Waals surface area contributed by atoms with Crippen LogP contribution in [0.4, 0.5) is 127 Å². The van der Waals surface area contributed by atoms with E-state index in [9.17, 15) is 132 Å². The lowest BCUT2D eigenvalue weighted by atomic mass is 9.83. The molecule has 51 heavy (non-hydrogen) atoms. The largest absolute Gasteiger partial charge is 0.473 e. The van der Waals surface area contributed by atoms with Gasteiger partial charge in [-0.1, -0.05) is 6.58 Å². The monoisotopic (exact) mass is 832 g/mol. The minimum Gasteiger partial charge on any atom is -0.393 e. The summed E-state index contributed by atoms with van der Waals surface area (Å²) in [6.07, 6.45) is -12.7. The highest BCUT2D eigenvalue weighted by atomic mass is 19.4. The molecule has 0 aliphatic heterocycles. The third-order valence-corrected chi connectivity index (χ3v) is 6.19. The maximum absolute atomic E-state index is 13.9. The number of esters is 1. The van der Waals surface area contributed by atoms with E-state index in [0.29, 0.717) is 0 Å². The second-order valence-electron chi connectivity index (χ2n) is 9.82. The molecule has 2 nitrogen and oxygen atoms in total. The number of halogens is 29. The normalized spacial score (nSPS) is 17.0. The molecule has 0 aromatic rings. The van der Waals surface area contributed by atoms with Gasteiger partial charge in [-0.3, -0.25) is 0 Å². The molecule has 31 heteroatoms. The summed E-state index contributed by atoms with van der Waals surface area (Å²) in [6.45, 7) is 1.46. The van der Waals surface area contributed by atoms with E-state index in [1.807, 2.05) is 0 Å². The smallest absolute Gasteiger partial charge is 0.393 e. The molecule has 1 unspecified atom stereocenters. The molecule has 0 aliphatic rings. The molecule has 0 aromatic heterocycles. The Morgan fingerprint density at radius 3 is 0.765 bits per heavy atom. The van der Waals surface area contributed by atoms with E-state index in [2.05, 4.69) is 11.3 Å². The molecule has 0 heterocycles. The number of rotatable bonds is 16. The van der Waals surface area contributed by atoms with E-state index in [4.69, 9.17) is 0 Å². The quantitative estimate of drug-likeness (QED) is 0.0880. The zero-order chi connectivity index (χ0) is 42.4. The number of hydrogen-bond acceptors (Lipinski definition) is 2. The second-order valence-corrected chi connectivity index (χ2v) is 9.82. The van der Waals surface area contributed by atoms with Gasteiger partial charge in [-0.25, -0.2) is 9.18 Å². The van der Waals surface area contributed by atoms with E-state index in [1.54, 1.807) is 0 Å². The Morgan fingerprint density at radius 1 is 0.412 bits per heavy atom. The van der Waals surface area contributed by atoms with Crippen molar-refractivity contribution in [2.75, 3.05) is 0 Å². The van der Waals surface area contributed by atoms with Crippen LogP contribution in [0.3, 0.4) is 0 Å². The fourth-order valence-electron chi connectivity index (χ4n) is 2.88. The van der Waals surface area contributed by atoms with Crippen LogP contribution < -0.4 is 0 Å². The Hall–Kier alpha value is -2.82. The van der Waals surface area contributed by atoms with Gasteiger partial charge < -0.3 is 4.74 Å². The van der Waals surface area contributed by atoms with Gasteiger partial charge in [0.2, 0.25) is 0 Å². The van der Waals surface area contributed by atoms with E-state index >= 15 is 0 Å². The van der Waals surface area contributed by atoms with Gasteiger partial charge in [0, 0.05) is 5.57 Å². The topological polar surface area (TPSA) is 26.3 Å². The zero-order valence-corrected chi connectivity index (χ0v) is 23.1. The Bertz CT molecular complexity index is 1320. The lowest BCUT2D eigenvalue weighted by molar-refractivity contribution is -0.489. The molecule has 0 aromatic carbocycles. The lowest BCUT2D eigenvalue weighted by Gasteiger charge is -2.46. The molecule has 0 radical (unpaired) electrons. The van der Waals surface area contributed by atoms with Crippen molar-refractivity contribution in [3.8, 4) is 0 Å². The van der Waals surface area contributed by atoms with Gasteiger partial charge in [0.1, 0.15) is 0 Å². The molecule has 0 spiro atoms. The number of hydrogen-bond donors (Lipinski definition) is 0. The average Bonchev–Trinajstić information content (AvgIpc) is 2.90. The minimum absolute atomic E-state index is 0.155. The predicted molar refractivity (Wildman–Crippen MR) is 101 cm³/mol. The Morgan fingerprint density at radius 2 is 0.588 bits per heavy atom. The Balaban J connectivity index is 7.60. The third-order valence-electron chi connectivity index (χ3n) is 6.19. The summed E-state index contributed by atoms with van der Waals surface area (Å²) in [5, 5.41) is 0. The summed E-state index contributed by atoms with van der Waals surface area (Å²) in [6, 6.07) is 0. The molecule has 0 bridgehead atoms. The van der Waals surface area contributed by atoms with Crippen LogP contribution in [-0.4, -0.2) is 95.2 Å².